The van der Waals surface area contributed by atoms with Gasteiger partial charge in [0.25, 0.3) is 5.56 Å². The van der Waals surface area contributed by atoms with Crippen LogP contribution in [0.2, 0.25) is 0 Å². The maximum absolute atomic E-state index is 12.6. The van der Waals surface area contributed by atoms with Gasteiger partial charge in [0, 0.05) is 10.9 Å². The fourth-order valence-corrected chi connectivity index (χ4v) is 4.05. The molecule has 2 heterocycles. The van der Waals surface area contributed by atoms with Gasteiger partial charge in [-0.2, -0.15) is 0 Å². The molecule has 0 radical (unpaired) electrons. The molecular formula is C17H16N2O3S2. The van der Waals surface area contributed by atoms with Crippen LogP contribution < -0.4 is 5.56 Å². The molecule has 0 bridgehead atoms. The Kier molecular flexibility index (Phi) is 5.01. The molecule has 0 unspecified atom stereocenters. The summed E-state index contributed by atoms with van der Waals surface area (Å²) in [5.74, 6) is 0.500. The van der Waals surface area contributed by atoms with Crippen LogP contribution in [-0.4, -0.2) is 28.8 Å². The average Bonchev–Trinajstić information content (AvgIpc) is 3.04. The van der Waals surface area contributed by atoms with E-state index in [4.69, 9.17) is 0 Å². The molecule has 2 aromatic heterocycles. The third-order valence-electron chi connectivity index (χ3n) is 3.61. The number of carbonyl (C=O) groups excluding carboxylic acids is 1. The molecule has 3 rings (SSSR count). The Morgan fingerprint density at radius 1 is 1.38 bits per heavy atom. The van der Waals surface area contributed by atoms with E-state index in [2.05, 4.69) is 14.7 Å². The lowest BCUT2D eigenvalue weighted by molar-refractivity contribution is -0.137. The van der Waals surface area contributed by atoms with E-state index in [1.165, 1.54) is 30.2 Å². The molecule has 124 valence electrons. The normalized spacial score (nSPS) is 12.2. The molecule has 3 aromatic rings. The van der Waals surface area contributed by atoms with Crippen molar-refractivity contribution < 1.29 is 9.53 Å². The van der Waals surface area contributed by atoms with Crippen LogP contribution in [0.5, 0.6) is 0 Å². The van der Waals surface area contributed by atoms with Crippen molar-refractivity contribution in [1.29, 1.82) is 0 Å². The Hall–Kier alpha value is -2.12. The molecular weight excluding hydrogens is 344 g/mol. The van der Waals surface area contributed by atoms with Gasteiger partial charge in [-0.25, -0.2) is 4.98 Å². The number of thioether (sulfide) groups is 1. The summed E-state index contributed by atoms with van der Waals surface area (Å²) in [4.78, 5) is 32.0. The fourth-order valence-electron chi connectivity index (χ4n) is 2.32. The molecule has 0 saturated heterocycles. The quantitative estimate of drug-likeness (QED) is 0.704. The average molecular weight is 360 g/mol. The van der Waals surface area contributed by atoms with Crippen molar-refractivity contribution in [2.45, 2.75) is 12.2 Å². The summed E-state index contributed by atoms with van der Waals surface area (Å²) in [6, 6.07) is 9.78. The van der Waals surface area contributed by atoms with Crippen LogP contribution >= 0.6 is 23.1 Å². The lowest BCUT2D eigenvalue weighted by Gasteiger charge is -2.09. The molecule has 1 aromatic carbocycles. The van der Waals surface area contributed by atoms with Crippen molar-refractivity contribution in [3.63, 3.8) is 0 Å². The Morgan fingerprint density at radius 2 is 2.12 bits per heavy atom. The largest absolute Gasteiger partial charge is 0.468 e. The van der Waals surface area contributed by atoms with Gasteiger partial charge in [0.15, 0.2) is 0 Å². The summed E-state index contributed by atoms with van der Waals surface area (Å²) < 4.78 is 4.63. The lowest BCUT2D eigenvalue weighted by atomic mass is 10.1. The molecule has 5 nitrogen and oxygen atoms in total. The van der Waals surface area contributed by atoms with Crippen LogP contribution in [0.1, 0.15) is 18.0 Å². The number of fused-ring (bicyclic) bond motifs is 1. The zero-order chi connectivity index (χ0) is 17.1. The number of hydrogen-bond donors (Lipinski definition) is 1. The second-order valence-corrected chi connectivity index (χ2v) is 7.36. The number of ether oxygens (including phenoxy) is 1. The van der Waals surface area contributed by atoms with Gasteiger partial charge >= 0.3 is 5.97 Å². The molecule has 0 aliphatic carbocycles. The van der Waals surface area contributed by atoms with Crippen molar-refractivity contribution in [3.05, 3.63) is 51.9 Å². The Morgan fingerprint density at radius 3 is 2.83 bits per heavy atom. The fraction of sp³-hybridized carbons (Fsp3) is 0.235. The number of H-pyrrole nitrogens is 1. The topological polar surface area (TPSA) is 72.0 Å². The summed E-state index contributed by atoms with van der Waals surface area (Å²) in [5.41, 5.74) is 1.74. The highest BCUT2D eigenvalue weighted by molar-refractivity contribution is 8.00. The molecule has 0 aliphatic heterocycles. The van der Waals surface area contributed by atoms with E-state index in [-0.39, 0.29) is 22.5 Å². The van der Waals surface area contributed by atoms with Crippen molar-refractivity contribution in [2.75, 3.05) is 12.9 Å². The number of aromatic amines is 1. The molecule has 1 atom stereocenters. The Balaban J connectivity index is 1.95. The zero-order valence-corrected chi connectivity index (χ0v) is 14.9. The summed E-state index contributed by atoms with van der Waals surface area (Å²) >= 11 is 2.83. The van der Waals surface area contributed by atoms with Gasteiger partial charge in [-0.1, -0.05) is 30.3 Å². The van der Waals surface area contributed by atoms with E-state index in [0.29, 0.717) is 16.0 Å². The molecule has 0 amide bonds. The third-order valence-corrected chi connectivity index (χ3v) is 5.61. The molecule has 0 spiro atoms. The minimum absolute atomic E-state index is 0.108. The number of carbonyl (C=O) groups is 1. The number of thiophene rings is 1. The monoisotopic (exact) mass is 360 g/mol. The number of nitrogens with one attached hydrogen (secondary N) is 1. The number of nitrogens with zero attached hydrogens (tertiary/aromatic N) is 1. The third kappa shape index (κ3) is 3.37. The van der Waals surface area contributed by atoms with Crippen LogP contribution in [-0.2, 0) is 9.53 Å². The molecule has 1 N–H and O–H groups in total. The number of methoxy groups -OCH3 is 1. The predicted octanol–water partition coefficient (Wildman–Crippen LogP) is 3.62. The number of esters is 1. The number of rotatable bonds is 5. The SMILES string of the molecule is COC(=O)CS[C@@H](C)c1nc2scc(-c3ccccc3)c2c(=O)[nH]1. The Bertz CT molecular complexity index is 918. The van der Waals surface area contributed by atoms with Gasteiger partial charge in [0.2, 0.25) is 0 Å². The van der Waals surface area contributed by atoms with Crippen molar-refractivity contribution in [3.8, 4) is 11.1 Å². The van der Waals surface area contributed by atoms with Crippen LogP contribution in [0, 0.1) is 0 Å². The second-order valence-electron chi connectivity index (χ2n) is 5.18. The number of hydrogen-bond acceptors (Lipinski definition) is 6. The maximum atomic E-state index is 12.6. The van der Waals surface area contributed by atoms with Gasteiger partial charge in [0.1, 0.15) is 10.7 Å². The highest BCUT2D eigenvalue weighted by Crippen LogP contribution is 2.32. The van der Waals surface area contributed by atoms with E-state index in [9.17, 15) is 9.59 Å². The predicted molar refractivity (Wildman–Crippen MR) is 98.6 cm³/mol. The summed E-state index contributed by atoms with van der Waals surface area (Å²) in [5, 5.41) is 2.46. The molecule has 0 saturated carbocycles. The summed E-state index contributed by atoms with van der Waals surface area (Å²) in [6.07, 6.45) is 0. The van der Waals surface area contributed by atoms with Gasteiger partial charge in [0.05, 0.1) is 23.5 Å². The van der Waals surface area contributed by atoms with E-state index >= 15 is 0 Å². The van der Waals surface area contributed by atoms with Gasteiger partial charge in [-0.3, -0.25) is 9.59 Å². The highest BCUT2D eigenvalue weighted by atomic mass is 32.2. The smallest absolute Gasteiger partial charge is 0.315 e. The first kappa shape index (κ1) is 16.7. The minimum Gasteiger partial charge on any atom is -0.468 e. The minimum atomic E-state index is -0.294. The van der Waals surface area contributed by atoms with Gasteiger partial charge in [-0.15, -0.1) is 23.1 Å². The number of benzene rings is 1. The van der Waals surface area contributed by atoms with Crippen LogP contribution in [0.25, 0.3) is 21.3 Å². The van der Waals surface area contributed by atoms with Crippen molar-refractivity contribution in [2.24, 2.45) is 0 Å². The van der Waals surface area contributed by atoms with Gasteiger partial charge in [-0.05, 0) is 12.5 Å². The van der Waals surface area contributed by atoms with Crippen molar-refractivity contribution in [1.82, 2.24) is 9.97 Å². The van der Waals surface area contributed by atoms with Crippen LogP contribution in [0.4, 0.5) is 0 Å². The summed E-state index contributed by atoms with van der Waals surface area (Å²) in [6.45, 7) is 1.91. The maximum Gasteiger partial charge on any atom is 0.315 e. The molecule has 0 aliphatic rings. The lowest BCUT2D eigenvalue weighted by Crippen LogP contribution is -2.13. The first-order chi connectivity index (χ1) is 11.6. The molecule has 7 heteroatoms. The van der Waals surface area contributed by atoms with Crippen LogP contribution in [0.15, 0.2) is 40.5 Å². The Labute approximate surface area is 147 Å². The molecule has 24 heavy (non-hydrogen) atoms. The van der Waals surface area contributed by atoms with Crippen molar-refractivity contribution >= 4 is 39.3 Å². The van der Waals surface area contributed by atoms with E-state index in [1.807, 2.05) is 42.6 Å². The van der Waals surface area contributed by atoms with E-state index in [0.717, 1.165) is 11.1 Å². The first-order valence-electron chi connectivity index (χ1n) is 7.35. The van der Waals surface area contributed by atoms with E-state index < -0.39 is 0 Å². The second kappa shape index (κ2) is 7.19. The standard InChI is InChI=1S/C17H16N2O3S2/c1-10(23-9-13(20)22-2)15-18-16(21)14-12(8-24-17(14)19-15)11-6-4-3-5-7-11/h3-8,10H,9H2,1-2H3,(H,18,19,21)/t10-/m0/s1. The van der Waals surface area contributed by atoms with Crippen LogP contribution in [0.3, 0.4) is 0 Å². The number of aromatic nitrogens is 2. The highest BCUT2D eigenvalue weighted by Gasteiger charge is 2.17. The first-order valence-corrected chi connectivity index (χ1v) is 9.28. The summed E-state index contributed by atoms with van der Waals surface area (Å²) in [7, 11) is 1.36. The van der Waals surface area contributed by atoms with E-state index in [1.54, 1.807) is 0 Å². The van der Waals surface area contributed by atoms with Gasteiger partial charge < -0.3 is 9.72 Å². The zero-order valence-electron chi connectivity index (χ0n) is 13.2. The molecule has 0 fully saturated rings.